The third kappa shape index (κ3) is 4.24. The molecule has 0 spiro atoms. The molecule has 106 valence electrons. The average molecular weight is 261 g/mol. The van der Waals surface area contributed by atoms with Gasteiger partial charge in [-0.2, -0.15) is 0 Å². The minimum Gasteiger partial charge on any atom is -0.494 e. The summed E-state index contributed by atoms with van der Waals surface area (Å²) in [5.41, 5.74) is 1.35. The van der Waals surface area contributed by atoms with Crippen LogP contribution in [-0.2, 0) is 0 Å². The molecule has 1 aliphatic carbocycles. The first-order valence-electron chi connectivity index (χ1n) is 7.73. The van der Waals surface area contributed by atoms with Crippen LogP contribution in [0.3, 0.4) is 0 Å². The molecule has 1 aliphatic rings. The molecular weight excluding hydrogens is 234 g/mol. The number of benzene rings is 1. The fourth-order valence-corrected chi connectivity index (χ4v) is 2.63. The summed E-state index contributed by atoms with van der Waals surface area (Å²) in [4.78, 5) is 0. The Bertz CT molecular complexity index is 373. The Labute approximate surface area is 117 Å². The standard InChI is InChI=1S/C17H27NO/c1-4-6-15-12-17(15)18-13(3)14-7-9-16(10-8-14)19-11-5-2/h7-10,13,15,17-18H,4-6,11-12H2,1-3H3. The summed E-state index contributed by atoms with van der Waals surface area (Å²) in [6.07, 6.45) is 5.09. The highest BCUT2D eigenvalue weighted by molar-refractivity contribution is 5.29. The van der Waals surface area contributed by atoms with Crippen LogP contribution in [0.15, 0.2) is 24.3 Å². The van der Waals surface area contributed by atoms with E-state index >= 15 is 0 Å². The Kier molecular flexibility index (Phi) is 5.26. The predicted molar refractivity (Wildman–Crippen MR) is 80.6 cm³/mol. The minimum absolute atomic E-state index is 0.437. The van der Waals surface area contributed by atoms with Crippen LogP contribution in [0.4, 0.5) is 0 Å². The zero-order chi connectivity index (χ0) is 13.7. The Balaban J connectivity index is 1.81. The highest BCUT2D eigenvalue weighted by Crippen LogP contribution is 2.36. The molecule has 0 heterocycles. The molecule has 1 saturated carbocycles. The van der Waals surface area contributed by atoms with Gasteiger partial charge in [-0.3, -0.25) is 0 Å². The second-order valence-electron chi connectivity index (χ2n) is 5.70. The molecule has 3 atom stereocenters. The predicted octanol–water partition coefficient (Wildman–Crippen LogP) is 4.31. The van der Waals surface area contributed by atoms with Gasteiger partial charge in [-0.15, -0.1) is 0 Å². The Morgan fingerprint density at radius 2 is 1.95 bits per heavy atom. The summed E-state index contributed by atoms with van der Waals surface area (Å²) >= 11 is 0. The lowest BCUT2D eigenvalue weighted by molar-refractivity contribution is 0.317. The van der Waals surface area contributed by atoms with E-state index in [0.29, 0.717) is 6.04 Å². The second kappa shape index (κ2) is 6.95. The molecule has 0 bridgehead atoms. The maximum Gasteiger partial charge on any atom is 0.119 e. The molecule has 0 aliphatic heterocycles. The summed E-state index contributed by atoms with van der Waals surface area (Å²) in [6, 6.07) is 9.71. The molecule has 2 nitrogen and oxygen atoms in total. The van der Waals surface area contributed by atoms with Gasteiger partial charge in [0.2, 0.25) is 0 Å². The van der Waals surface area contributed by atoms with Crippen molar-refractivity contribution in [3.05, 3.63) is 29.8 Å². The molecule has 2 rings (SSSR count). The monoisotopic (exact) mass is 261 g/mol. The highest BCUT2D eigenvalue weighted by Gasteiger charge is 2.36. The van der Waals surface area contributed by atoms with Crippen LogP contribution >= 0.6 is 0 Å². The SMILES string of the molecule is CCCOc1ccc(C(C)NC2CC2CCC)cc1. The van der Waals surface area contributed by atoms with Gasteiger partial charge < -0.3 is 10.1 Å². The number of nitrogens with one attached hydrogen (secondary N) is 1. The smallest absolute Gasteiger partial charge is 0.119 e. The molecule has 1 fully saturated rings. The Morgan fingerprint density at radius 3 is 2.58 bits per heavy atom. The van der Waals surface area contributed by atoms with Crippen LogP contribution < -0.4 is 10.1 Å². The highest BCUT2D eigenvalue weighted by atomic mass is 16.5. The molecule has 1 N–H and O–H groups in total. The lowest BCUT2D eigenvalue weighted by Gasteiger charge is -2.15. The van der Waals surface area contributed by atoms with Crippen LogP contribution in [0, 0.1) is 5.92 Å². The maximum atomic E-state index is 5.61. The Hall–Kier alpha value is -1.02. The van der Waals surface area contributed by atoms with Gasteiger partial charge in [0.25, 0.3) is 0 Å². The van der Waals surface area contributed by atoms with Crippen molar-refractivity contribution in [1.29, 1.82) is 0 Å². The second-order valence-corrected chi connectivity index (χ2v) is 5.70. The van der Waals surface area contributed by atoms with E-state index in [-0.39, 0.29) is 0 Å². The first kappa shape index (κ1) is 14.4. The van der Waals surface area contributed by atoms with E-state index in [1.54, 1.807) is 0 Å². The summed E-state index contributed by atoms with van der Waals surface area (Å²) in [5.74, 6) is 1.90. The normalized spacial score (nSPS) is 23.1. The van der Waals surface area contributed by atoms with Crippen LogP contribution in [-0.4, -0.2) is 12.6 Å². The van der Waals surface area contributed by atoms with Crippen molar-refractivity contribution in [3.8, 4) is 5.75 Å². The van der Waals surface area contributed by atoms with Crippen molar-refractivity contribution in [2.45, 2.75) is 58.5 Å². The summed E-state index contributed by atoms with van der Waals surface area (Å²) in [6.45, 7) is 7.45. The summed E-state index contributed by atoms with van der Waals surface area (Å²) < 4.78 is 5.61. The Morgan fingerprint density at radius 1 is 1.21 bits per heavy atom. The van der Waals surface area contributed by atoms with Crippen LogP contribution in [0.2, 0.25) is 0 Å². The van der Waals surface area contributed by atoms with Crippen molar-refractivity contribution in [1.82, 2.24) is 5.32 Å². The molecular formula is C17H27NO. The number of ether oxygens (including phenoxy) is 1. The zero-order valence-corrected chi connectivity index (χ0v) is 12.5. The fraction of sp³-hybridized carbons (Fsp3) is 0.647. The third-order valence-corrected chi connectivity index (χ3v) is 3.90. The molecule has 3 unspecified atom stereocenters. The van der Waals surface area contributed by atoms with E-state index in [1.165, 1.54) is 24.8 Å². The fourth-order valence-electron chi connectivity index (χ4n) is 2.63. The van der Waals surface area contributed by atoms with E-state index in [1.807, 2.05) is 0 Å². The molecule has 1 aromatic carbocycles. The number of rotatable bonds is 8. The largest absolute Gasteiger partial charge is 0.494 e. The minimum atomic E-state index is 0.437. The van der Waals surface area contributed by atoms with E-state index in [0.717, 1.165) is 30.7 Å². The lowest BCUT2D eigenvalue weighted by atomic mass is 10.1. The molecule has 0 aromatic heterocycles. The first-order chi connectivity index (χ1) is 9.24. The van der Waals surface area contributed by atoms with Crippen molar-refractivity contribution in [2.75, 3.05) is 6.61 Å². The van der Waals surface area contributed by atoms with Crippen LogP contribution in [0.25, 0.3) is 0 Å². The van der Waals surface area contributed by atoms with Gasteiger partial charge >= 0.3 is 0 Å². The van der Waals surface area contributed by atoms with E-state index in [9.17, 15) is 0 Å². The van der Waals surface area contributed by atoms with E-state index < -0.39 is 0 Å². The zero-order valence-electron chi connectivity index (χ0n) is 12.5. The van der Waals surface area contributed by atoms with Gasteiger partial charge in [0.1, 0.15) is 5.75 Å². The van der Waals surface area contributed by atoms with Gasteiger partial charge in [0.05, 0.1) is 6.61 Å². The maximum absolute atomic E-state index is 5.61. The molecule has 19 heavy (non-hydrogen) atoms. The first-order valence-corrected chi connectivity index (χ1v) is 7.73. The van der Waals surface area contributed by atoms with Gasteiger partial charge in [-0.25, -0.2) is 0 Å². The van der Waals surface area contributed by atoms with Crippen molar-refractivity contribution >= 4 is 0 Å². The summed E-state index contributed by atoms with van der Waals surface area (Å²) in [7, 11) is 0. The number of hydrogen-bond acceptors (Lipinski definition) is 2. The van der Waals surface area contributed by atoms with Gasteiger partial charge in [0, 0.05) is 12.1 Å². The number of hydrogen-bond donors (Lipinski definition) is 1. The van der Waals surface area contributed by atoms with Gasteiger partial charge in [-0.1, -0.05) is 32.4 Å². The van der Waals surface area contributed by atoms with Crippen LogP contribution in [0.5, 0.6) is 5.75 Å². The molecule has 0 amide bonds. The molecule has 2 heteroatoms. The summed E-state index contributed by atoms with van der Waals surface area (Å²) in [5, 5.41) is 3.73. The van der Waals surface area contributed by atoms with E-state index in [2.05, 4.69) is 50.4 Å². The van der Waals surface area contributed by atoms with Crippen molar-refractivity contribution in [3.63, 3.8) is 0 Å². The molecule has 0 saturated heterocycles. The van der Waals surface area contributed by atoms with Crippen LogP contribution in [0.1, 0.15) is 58.1 Å². The third-order valence-electron chi connectivity index (χ3n) is 3.90. The quantitative estimate of drug-likeness (QED) is 0.752. The van der Waals surface area contributed by atoms with Crippen molar-refractivity contribution < 1.29 is 4.74 Å². The molecule has 0 radical (unpaired) electrons. The topological polar surface area (TPSA) is 21.3 Å². The lowest BCUT2D eigenvalue weighted by Crippen LogP contribution is -2.22. The van der Waals surface area contributed by atoms with Gasteiger partial charge in [0.15, 0.2) is 0 Å². The average Bonchev–Trinajstić information content (AvgIpc) is 3.15. The van der Waals surface area contributed by atoms with Gasteiger partial charge in [-0.05, 0) is 49.8 Å². The molecule has 1 aromatic rings. The van der Waals surface area contributed by atoms with Crippen molar-refractivity contribution in [2.24, 2.45) is 5.92 Å². The van der Waals surface area contributed by atoms with E-state index in [4.69, 9.17) is 4.74 Å².